The molecule has 0 aromatic rings. The second-order valence-corrected chi connectivity index (χ2v) is 4.29. The number of likely N-dealkylation sites (tertiary alicyclic amines) is 2. The minimum Gasteiger partial charge on any atom is -0.306 e. The summed E-state index contributed by atoms with van der Waals surface area (Å²) in [5, 5.41) is 0. The highest BCUT2D eigenvalue weighted by Gasteiger charge is 2.34. The van der Waals surface area contributed by atoms with Crippen LogP contribution in [-0.4, -0.2) is 50.1 Å². The van der Waals surface area contributed by atoms with Crippen LogP contribution >= 0.6 is 0 Å². The number of hydrogen-bond donors (Lipinski definition) is 0. The molecule has 0 spiro atoms. The van der Waals surface area contributed by atoms with Gasteiger partial charge in [-0.05, 0) is 38.9 Å². The quantitative estimate of drug-likeness (QED) is 0.611. The highest BCUT2D eigenvalue weighted by molar-refractivity contribution is 4.87. The summed E-state index contributed by atoms with van der Waals surface area (Å²) in [5.74, 6) is 1.98. The Morgan fingerprint density at radius 2 is 1.20 bits per heavy atom. The van der Waals surface area contributed by atoms with Crippen LogP contribution in [-0.2, 0) is 0 Å². The van der Waals surface area contributed by atoms with Crippen LogP contribution in [0, 0.1) is 11.8 Å². The van der Waals surface area contributed by atoms with Gasteiger partial charge in [0.15, 0.2) is 0 Å². The van der Waals surface area contributed by atoms with Crippen LogP contribution in [0.5, 0.6) is 0 Å². The van der Waals surface area contributed by atoms with E-state index in [9.17, 15) is 0 Å². The highest BCUT2D eigenvalue weighted by atomic mass is 15.2. The fourth-order valence-corrected chi connectivity index (χ4v) is 2.58. The van der Waals surface area contributed by atoms with Gasteiger partial charge in [0.05, 0.1) is 0 Å². The molecule has 2 nitrogen and oxygen atoms in total. The van der Waals surface area contributed by atoms with E-state index in [2.05, 4.69) is 23.9 Å². The molecule has 2 heteroatoms. The molecule has 0 bridgehead atoms. The molecule has 2 atom stereocenters. The monoisotopic (exact) mass is 214 g/mol. The summed E-state index contributed by atoms with van der Waals surface area (Å²) in [6.45, 7) is 13.3. The van der Waals surface area contributed by atoms with Gasteiger partial charge in [0.1, 0.15) is 0 Å². The maximum Gasteiger partial charge on any atom is 0.00221 e. The number of piperidine rings is 1. The van der Waals surface area contributed by atoms with Crippen molar-refractivity contribution >= 4 is 0 Å². The van der Waals surface area contributed by atoms with Gasteiger partial charge in [0.2, 0.25) is 0 Å². The van der Waals surface area contributed by atoms with E-state index in [4.69, 9.17) is 0 Å². The summed E-state index contributed by atoms with van der Waals surface area (Å²) in [6.07, 6.45) is 1.42. The Balaban J connectivity index is 0.000000442. The van der Waals surface area contributed by atoms with Crippen molar-refractivity contribution in [1.29, 1.82) is 0 Å². The fraction of sp³-hybridized carbons (Fsp3) is 1.00. The third kappa shape index (κ3) is 4.52. The molecule has 2 heterocycles. The third-order valence-electron chi connectivity index (χ3n) is 3.19. The lowest BCUT2D eigenvalue weighted by Crippen LogP contribution is -2.37. The second-order valence-electron chi connectivity index (χ2n) is 4.29. The number of hydrogen-bond acceptors (Lipinski definition) is 2. The van der Waals surface area contributed by atoms with Crippen LogP contribution in [0.2, 0.25) is 0 Å². The molecule has 2 aliphatic rings. The highest BCUT2D eigenvalue weighted by Crippen LogP contribution is 2.29. The smallest absolute Gasteiger partial charge is 0.00221 e. The minimum absolute atomic E-state index is 0.971. The molecule has 0 aromatic carbocycles. The largest absolute Gasteiger partial charge is 0.306 e. The molecular formula is C13H30N2. The van der Waals surface area contributed by atoms with Crippen LogP contribution in [0.1, 0.15) is 34.1 Å². The molecule has 0 aromatic heterocycles. The molecule has 15 heavy (non-hydrogen) atoms. The first-order valence-electron chi connectivity index (χ1n) is 6.63. The van der Waals surface area contributed by atoms with E-state index in [1.54, 1.807) is 0 Å². The lowest BCUT2D eigenvalue weighted by Gasteiger charge is -2.31. The lowest BCUT2D eigenvalue weighted by molar-refractivity contribution is 0.178. The van der Waals surface area contributed by atoms with Crippen molar-refractivity contribution in [1.82, 2.24) is 9.80 Å². The van der Waals surface area contributed by atoms with Crippen molar-refractivity contribution in [2.24, 2.45) is 11.8 Å². The van der Waals surface area contributed by atoms with Gasteiger partial charge in [0.25, 0.3) is 0 Å². The van der Waals surface area contributed by atoms with Crippen LogP contribution in [0.15, 0.2) is 0 Å². The van der Waals surface area contributed by atoms with Crippen molar-refractivity contribution in [2.75, 3.05) is 40.3 Å². The molecule has 2 fully saturated rings. The lowest BCUT2D eigenvalue weighted by atomic mass is 9.89. The zero-order chi connectivity index (χ0) is 11.8. The average Bonchev–Trinajstić information content (AvgIpc) is 2.63. The Morgan fingerprint density at radius 3 is 1.80 bits per heavy atom. The Labute approximate surface area is 96.6 Å². The van der Waals surface area contributed by atoms with Crippen LogP contribution < -0.4 is 0 Å². The van der Waals surface area contributed by atoms with E-state index in [1.807, 2.05) is 27.7 Å². The molecule has 2 unspecified atom stereocenters. The van der Waals surface area contributed by atoms with E-state index in [1.165, 1.54) is 32.6 Å². The summed E-state index contributed by atoms with van der Waals surface area (Å²) in [7, 11) is 4.49. The third-order valence-corrected chi connectivity index (χ3v) is 3.19. The Hall–Kier alpha value is -0.0800. The standard InChI is InChI=1S/C9H18N2.2C2H6/c1-10-4-3-8-5-11(2)7-9(8)6-10;2*1-2/h8-9H,3-7H2,1-2H3;2*1-2H3. The summed E-state index contributed by atoms with van der Waals surface area (Å²) in [5.41, 5.74) is 0. The van der Waals surface area contributed by atoms with Gasteiger partial charge in [-0.3, -0.25) is 0 Å². The van der Waals surface area contributed by atoms with Gasteiger partial charge >= 0.3 is 0 Å². The van der Waals surface area contributed by atoms with Crippen molar-refractivity contribution < 1.29 is 0 Å². The molecule has 0 aliphatic carbocycles. The van der Waals surface area contributed by atoms with E-state index in [0.29, 0.717) is 0 Å². The summed E-state index contributed by atoms with van der Waals surface area (Å²) in [4.78, 5) is 4.95. The maximum atomic E-state index is 2.48. The zero-order valence-corrected chi connectivity index (χ0v) is 11.6. The van der Waals surface area contributed by atoms with Gasteiger partial charge in [0, 0.05) is 19.6 Å². The number of nitrogens with zero attached hydrogens (tertiary/aromatic N) is 2. The normalized spacial score (nSPS) is 30.8. The molecule has 2 aliphatic heterocycles. The SMILES string of the molecule is CC.CC.CN1CCC2CN(C)CC2C1. The predicted molar refractivity (Wildman–Crippen MR) is 69.3 cm³/mol. The fourth-order valence-electron chi connectivity index (χ4n) is 2.58. The van der Waals surface area contributed by atoms with Gasteiger partial charge in [-0.1, -0.05) is 27.7 Å². The molecule has 0 N–H and O–H groups in total. The Kier molecular flexibility index (Phi) is 8.07. The van der Waals surface area contributed by atoms with E-state index >= 15 is 0 Å². The minimum atomic E-state index is 0.971. The number of rotatable bonds is 0. The molecule has 2 saturated heterocycles. The predicted octanol–water partition coefficient (Wildman–Crippen LogP) is 2.55. The first-order valence-corrected chi connectivity index (χ1v) is 6.63. The van der Waals surface area contributed by atoms with Crippen LogP contribution in [0.3, 0.4) is 0 Å². The van der Waals surface area contributed by atoms with E-state index in [0.717, 1.165) is 11.8 Å². The second kappa shape index (κ2) is 8.12. The van der Waals surface area contributed by atoms with E-state index in [-0.39, 0.29) is 0 Å². The summed E-state index contributed by atoms with van der Waals surface area (Å²) >= 11 is 0. The molecule has 92 valence electrons. The van der Waals surface area contributed by atoms with Gasteiger partial charge in [-0.15, -0.1) is 0 Å². The Bertz CT molecular complexity index is 147. The first-order chi connectivity index (χ1) is 7.25. The Morgan fingerprint density at radius 1 is 0.733 bits per heavy atom. The zero-order valence-electron chi connectivity index (χ0n) is 11.6. The number of fused-ring (bicyclic) bond motifs is 1. The molecule has 0 saturated carbocycles. The summed E-state index contributed by atoms with van der Waals surface area (Å²) < 4.78 is 0. The van der Waals surface area contributed by atoms with Crippen molar-refractivity contribution in [3.8, 4) is 0 Å². The average molecular weight is 214 g/mol. The van der Waals surface area contributed by atoms with Crippen LogP contribution in [0.25, 0.3) is 0 Å². The van der Waals surface area contributed by atoms with Crippen molar-refractivity contribution in [2.45, 2.75) is 34.1 Å². The molecule has 0 amide bonds. The van der Waals surface area contributed by atoms with Crippen molar-refractivity contribution in [3.63, 3.8) is 0 Å². The topological polar surface area (TPSA) is 6.48 Å². The van der Waals surface area contributed by atoms with Crippen molar-refractivity contribution in [3.05, 3.63) is 0 Å². The van der Waals surface area contributed by atoms with Gasteiger partial charge in [-0.25, -0.2) is 0 Å². The van der Waals surface area contributed by atoms with Gasteiger partial charge < -0.3 is 9.80 Å². The molecule has 0 radical (unpaired) electrons. The molecular weight excluding hydrogens is 184 g/mol. The molecule has 2 rings (SSSR count). The van der Waals surface area contributed by atoms with Gasteiger partial charge in [-0.2, -0.15) is 0 Å². The van der Waals surface area contributed by atoms with Crippen LogP contribution in [0.4, 0.5) is 0 Å². The van der Waals surface area contributed by atoms with E-state index < -0.39 is 0 Å². The summed E-state index contributed by atoms with van der Waals surface area (Å²) in [6, 6.07) is 0. The maximum absolute atomic E-state index is 2.48. The first kappa shape index (κ1) is 14.9.